The molecule has 4 heteroatoms. The first-order valence-electron chi connectivity index (χ1n) is 32.5. The largest absolute Gasteiger partial charge is 0.394 e. The summed E-state index contributed by atoms with van der Waals surface area (Å²) >= 11 is 0. The van der Waals surface area contributed by atoms with Crippen LogP contribution in [0.1, 0.15) is 348 Å². The van der Waals surface area contributed by atoms with Crippen molar-refractivity contribution in [1.29, 1.82) is 0 Å². The summed E-state index contributed by atoms with van der Waals surface area (Å²) in [5.41, 5.74) is 0. The number of allylic oxidation sites excluding steroid dienone is 9. The van der Waals surface area contributed by atoms with Gasteiger partial charge in [-0.2, -0.15) is 0 Å². The van der Waals surface area contributed by atoms with E-state index in [-0.39, 0.29) is 12.5 Å². The SMILES string of the molecule is CCCCCCC/C=C\C/C=C\C/C=C\CCCCCCCCCCCCCCCCCCCCCCCCC(=O)NC(CO)C(O)/C=C/CC/C=C/CCCCCCCCCCCCCCCCCCC. The van der Waals surface area contributed by atoms with Gasteiger partial charge in [0, 0.05) is 6.42 Å². The maximum absolute atomic E-state index is 12.5. The Bertz CT molecular complexity index is 1190. The number of rotatable bonds is 60. The second kappa shape index (κ2) is 63.4. The van der Waals surface area contributed by atoms with Gasteiger partial charge in [-0.05, 0) is 70.6 Å². The lowest BCUT2D eigenvalue weighted by Crippen LogP contribution is -2.45. The Kier molecular flexibility index (Phi) is 61.7. The molecule has 2 atom stereocenters. The maximum atomic E-state index is 12.5. The average molecular weight is 1010 g/mol. The minimum absolute atomic E-state index is 0.0683. The number of aliphatic hydroxyl groups excluding tert-OH is 2. The Morgan fingerprint density at radius 2 is 0.583 bits per heavy atom. The van der Waals surface area contributed by atoms with Crippen LogP contribution in [-0.4, -0.2) is 34.9 Å². The molecule has 2 unspecified atom stereocenters. The van der Waals surface area contributed by atoms with Crippen LogP contribution in [-0.2, 0) is 4.79 Å². The molecule has 0 aliphatic carbocycles. The van der Waals surface area contributed by atoms with E-state index in [1.807, 2.05) is 6.08 Å². The molecule has 1 amide bonds. The van der Waals surface area contributed by atoms with E-state index >= 15 is 0 Å². The van der Waals surface area contributed by atoms with Gasteiger partial charge in [0.1, 0.15) is 0 Å². The highest BCUT2D eigenvalue weighted by Crippen LogP contribution is 2.18. The van der Waals surface area contributed by atoms with Gasteiger partial charge < -0.3 is 15.5 Å². The van der Waals surface area contributed by atoms with Crippen molar-refractivity contribution in [1.82, 2.24) is 5.32 Å². The van der Waals surface area contributed by atoms with Crippen LogP contribution in [0.4, 0.5) is 0 Å². The van der Waals surface area contributed by atoms with Crippen LogP contribution in [0.3, 0.4) is 0 Å². The van der Waals surface area contributed by atoms with Crippen LogP contribution in [0, 0.1) is 0 Å². The minimum atomic E-state index is -0.863. The monoisotopic (exact) mass is 1010 g/mol. The lowest BCUT2D eigenvalue weighted by atomic mass is 10.0. The Labute approximate surface area is 451 Å². The number of carbonyl (C=O) groups is 1. The smallest absolute Gasteiger partial charge is 0.220 e. The van der Waals surface area contributed by atoms with Crippen molar-refractivity contribution < 1.29 is 15.0 Å². The number of carbonyl (C=O) groups excluding carboxylic acids is 1. The van der Waals surface area contributed by atoms with Gasteiger partial charge in [-0.15, -0.1) is 0 Å². The number of aliphatic hydroxyl groups is 2. The molecule has 0 saturated carbocycles. The second-order valence-electron chi connectivity index (χ2n) is 22.2. The summed E-state index contributed by atoms with van der Waals surface area (Å²) in [6.07, 6.45) is 90.0. The lowest BCUT2D eigenvalue weighted by molar-refractivity contribution is -0.123. The predicted molar refractivity (Wildman–Crippen MR) is 322 cm³/mol. The Morgan fingerprint density at radius 1 is 0.333 bits per heavy atom. The topological polar surface area (TPSA) is 69.6 Å². The van der Waals surface area contributed by atoms with Crippen molar-refractivity contribution in [2.75, 3.05) is 6.61 Å². The number of amides is 1. The van der Waals surface area contributed by atoms with Crippen molar-refractivity contribution >= 4 is 5.91 Å². The van der Waals surface area contributed by atoms with E-state index in [4.69, 9.17) is 0 Å². The van der Waals surface area contributed by atoms with Crippen LogP contribution in [0.25, 0.3) is 0 Å². The third-order valence-electron chi connectivity index (χ3n) is 15.0. The first kappa shape index (κ1) is 70.1. The van der Waals surface area contributed by atoms with Gasteiger partial charge in [0.05, 0.1) is 18.8 Å². The highest BCUT2D eigenvalue weighted by molar-refractivity contribution is 5.76. The van der Waals surface area contributed by atoms with Crippen LogP contribution in [0.2, 0.25) is 0 Å². The zero-order valence-corrected chi connectivity index (χ0v) is 48.7. The maximum Gasteiger partial charge on any atom is 0.220 e. The Balaban J connectivity index is 3.46. The van der Waals surface area contributed by atoms with Crippen LogP contribution >= 0.6 is 0 Å². The zero-order valence-electron chi connectivity index (χ0n) is 48.7. The number of nitrogens with one attached hydrogen (secondary N) is 1. The third-order valence-corrected chi connectivity index (χ3v) is 15.0. The molecule has 0 aromatic carbocycles. The summed E-state index contributed by atoms with van der Waals surface area (Å²) < 4.78 is 0. The summed E-state index contributed by atoms with van der Waals surface area (Å²) in [6, 6.07) is -0.640. The summed E-state index contributed by atoms with van der Waals surface area (Å²) in [7, 11) is 0. The highest BCUT2D eigenvalue weighted by Gasteiger charge is 2.18. The molecule has 0 aromatic heterocycles. The molecule has 0 radical (unpaired) electrons. The van der Waals surface area contributed by atoms with Crippen LogP contribution < -0.4 is 5.32 Å². The van der Waals surface area contributed by atoms with E-state index in [2.05, 4.69) is 67.8 Å². The van der Waals surface area contributed by atoms with Crippen LogP contribution in [0.15, 0.2) is 60.8 Å². The van der Waals surface area contributed by atoms with E-state index in [1.165, 1.54) is 283 Å². The molecule has 0 spiro atoms. The van der Waals surface area contributed by atoms with Crippen LogP contribution in [0.5, 0.6) is 0 Å². The fourth-order valence-electron chi connectivity index (χ4n) is 10.0. The standard InChI is InChI=1S/C68H127NO3/c1-3-5-7-9-11-13-15-17-19-21-23-25-27-28-29-30-31-32-33-34-35-36-37-38-39-40-42-44-46-48-50-52-54-56-58-60-62-64-68(72)69-66(65-70)67(71)63-61-59-57-55-53-51-49-47-45-43-41-26-24-22-20-18-16-14-12-10-8-6-4-2/h15,17,21,23,27-28,53,55,61,63,66-67,70-71H,3-14,16,18-20,22,24-26,29-52,54,56-60,62,64-65H2,1-2H3,(H,69,72)/b17-15-,23-21-,28-27-,55-53+,63-61+. The molecule has 72 heavy (non-hydrogen) atoms. The van der Waals surface area contributed by atoms with Crippen molar-refractivity contribution in [3.05, 3.63) is 60.8 Å². The van der Waals surface area contributed by atoms with Crippen molar-refractivity contribution in [3.8, 4) is 0 Å². The molecule has 0 saturated heterocycles. The van der Waals surface area contributed by atoms with Gasteiger partial charge in [0.25, 0.3) is 0 Å². The third kappa shape index (κ3) is 59.0. The Morgan fingerprint density at radius 3 is 0.903 bits per heavy atom. The van der Waals surface area contributed by atoms with E-state index < -0.39 is 12.1 Å². The van der Waals surface area contributed by atoms with Gasteiger partial charge in [-0.1, -0.05) is 331 Å². The minimum Gasteiger partial charge on any atom is -0.394 e. The number of hydrogen-bond donors (Lipinski definition) is 3. The van der Waals surface area contributed by atoms with Crippen molar-refractivity contribution in [2.24, 2.45) is 0 Å². The summed E-state index contributed by atoms with van der Waals surface area (Å²) in [5, 5.41) is 23.2. The number of hydrogen-bond acceptors (Lipinski definition) is 3. The fourth-order valence-corrected chi connectivity index (χ4v) is 10.0. The van der Waals surface area contributed by atoms with Gasteiger partial charge in [0.15, 0.2) is 0 Å². The lowest BCUT2D eigenvalue weighted by Gasteiger charge is -2.19. The van der Waals surface area contributed by atoms with E-state index in [0.29, 0.717) is 6.42 Å². The molecule has 4 nitrogen and oxygen atoms in total. The predicted octanol–water partition coefficient (Wildman–Crippen LogP) is 21.9. The normalized spacial score (nSPS) is 13.1. The summed E-state index contributed by atoms with van der Waals surface area (Å²) in [5.74, 6) is -0.0683. The summed E-state index contributed by atoms with van der Waals surface area (Å²) in [6.45, 7) is 4.32. The summed E-state index contributed by atoms with van der Waals surface area (Å²) in [4.78, 5) is 12.5. The van der Waals surface area contributed by atoms with Gasteiger partial charge in [-0.25, -0.2) is 0 Å². The van der Waals surface area contributed by atoms with Crippen molar-refractivity contribution in [2.45, 2.75) is 360 Å². The quantitative estimate of drug-likeness (QED) is 0.0420. The molecule has 0 bridgehead atoms. The van der Waals surface area contributed by atoms with Crippen molar-refractivity contribution in [3.63, 3.8) is 0 Å². The molecule has 0 rings (SSSR count). The highest BCUT2D eigenvalue weighted by atomic mass is 16.3. The first-order valence-corrected chi connectivity index (χ1v) is 32.5. The van der Waals surface area contributed by atoms with E-state index in [1.54, 1.807) is 6.08 Å². The van der Waals surface area contributed by atoms with E-state index in [0.717, 1.165) is 44.9 Å². The molecule has 3 N–H and O–H groups in total. The van der Waals surface area contributed by atoms with E-state index in [9.17, 15) is 15.0 Å². The zero-order chi connectivity index (χ0) is 52.0. The van der Waals surface area contributed by atoms with Gasteiger partial charge in [0.2, 0.25) is 5.91 Å². The molecule has 0 heterocycles. The molecule has 0 aromatic rings. The Hall–Kier alpha value is -1.91. The molecule has 422 valence electrons. The average Bonchev–Trinajstić information content (AvgIpc) is 3.39. The number of unbranched alkanes of at least 4 members (excludes halogenated alkanes) is 45. The molecular formula is C68H127NO3. The molecule has 0 aliphatic rings. The van der Waals surface area contributed by atoms with Gasteiger partial charge >= 0.3 is 0 Å². The molecule has 0 aliphatic heterocycles. The fraction of sp³-hybridized carbons (Fsp3) is 0.838. The second-order valence-corrected chi connectivity index (χ2v) is 22.2. The molecular weight excluding hydrogens is 879 g/mol. The molecule has 0 fully saturated rings. The first-order chi connectivity index (χ1) is 35.7. The van der Waals surface area contributed by atoms with Gasteiger partial charge in [-0.3, -0.25) is 4.79 Å².